The fourth-order valence-electron chi connectivity index (χ4n) is 1.63. The van der Waals surface area contributed by atoms with E-state index in [0.717, 1.165) is 0 Å². The van der Waals surface area contributed by atoms with Gasteiger partial charge in [0.1, 0.15) is 0 Å². The summed E-state index contributed by atoms with van der Waals surface area (Å²) in [4.78, 5) is 35.7. The minimum Gasteiger partial charge on any atom is -0.481 e. The van der Waals surface area contributed by atoms with Crippen molar-refractivity contribution in [3.63, 3.8) is 0 Å². The average molecular weight is 287 g/mol. The lowest BCUT2D eigenvalue weighted by atomic mass is 9.92. The molecule has 7 nitrogen and oxygen atoms in total. The first-order valence-electron chi connectivity index (χ1n) is 6.60. The minimum absolute atomic E-state index is 0.107. The van der Waals surface area contributed by atoms with Gasteiger partial charge in [-0.15, -0.1) is 0 Å². The Morgan fingerprint density at radius 2 is 1.80 bits per heavy atom. The maximum atomic E-state index is 12.0. The second-order valence-corrected chi connectivity index (χ2v) is 5.55. The molecule has 0 radical (unpaired) electrons. The van der Waals surface area contributed by atoms with E-state index in [1.807, 2.05) is 13.8 Å². The highest BCUT2D eigenvalue weighted by Crippen LogP contribution is 2.13. The summed E-state index contributed by atoms with van der Waals surface area (Å²) >= 11 is 0. The Morgan fingerprint density at radius 1 is 1.25 bits per heavy atom. The zero-order valence-corrected chi connectivity index (χ0v) is 12.8. The van der Waals surface area contributed by atoms with E-state index in [4.69, 9.17) is 5.11 Å². The van der Waals surface area contributed by atoms with Gasteiger partial charge in [0.25, 0.3) is 0 Å². The average Bonchev–Trinajstić information content (AvgIpc) is 2.34. The molecule has 3 amide bonds. The van der Waals surface area contributed by atoms with Crippen molar-refractivity contribution in [1.29, 1.82) is 0 Å². The number of carboxylic acid groups (broad SMARTS) is 1. The van der Waals surface area contributed by atoms with E-state index in [9.17, 15) is 14.4 Å². The zero-order chi connectivity index (χ0) is 15.9. The Kier molecular flexibility index (Phi) is 7.02. The van der Waals surface area contributed by atoms with E-state index in [2.05, 4.69) is 10.6 Å². The van der Waals surface area contributed by atoms with E-state index in [0.29, 0.717) is 0 Å². The molecular weight excluding hydrogens is 262 g/mol. The molecule has 0 fully saturated rings. The molecule has 7 heteroatoms. The SMILES string of the molecule is CNC(=O)C(C)(C)CNC(=O)N(CCC(=O)O)C(C)C. The molecule has 116 valence electrons. The number of hydrogen-bond donors (Lipinski definition) is 3. The number of carbonyl (C=O) groups is 3. The quantitative estimate of drug-likeness (QED) is 0.640. The summed E-state index contributed by atoms with van der Waals surface area (Å²) in [5.74, 6) is -1.12. The van der Waals surface area contributed by atoms with Crippen LogP contribution in [-0.2, 0) is 9.59 Å². The third kappa shape index (κ3) is 5.90. The van der Waals surface area contributed by atoms with Crippen LogP contribution in [0.25, 0.3) is 0 Å². The van der Waals surface area contributed by atoms with Gasteiger partial charge in [-0.3, -0.25) is 9.59 Å². The molecule has 0 rings (SSSR count). The summed E-state index contributed by atoms with van der Waals surface area (Å²) in [6, 6.07) is -0.476. The fraction of sp³-hybridized carbons (Fsp3) is 0.769. The number of carboxylic acids is 1. The van der Waals surface area contributed by atoms with Gasteiger partial charge < -0.3 is 20.6 Å². The lowest BCUT2D eigenvalue weighted by Crippen LogP contribution is -2.50. The van der Waals surface area contributed by atoms with E-state index in [1.54, 1.807) is 20.9 Å². The van der Waals surface area contributed by atoms with Crippen molar-refractivity contribution in [2.24, 2.45) is 5.41 Å². The highest BCUT2D eigenvalue weighted by Gasteiger charge is 2.28. The van der Waals surface area contributed by atoms with Crippen LogP contribution in [-0.4, -0.2) is 54.1 Å². The smallest absolute Gasteiger partial charge is 0.317 e. The van der Waals surface area contributed by atoms with Crippen molar-refractivity contribution in [2.75, 3.05) is 20.1 Å². The summed E-state index contributed by atoms with van der Waals surface area (Å²) in [5.41, 5.74) is -0.722. The molecule has 0 spiro atoms. The molecule has 0 aromatic heterocycles. The molecule has 20 heavy (non-hydrogen) atoms. The maximum Gasteiger partial charge on any atom is 0.317 e. The van der Waals surface area contributed by atoms with Crippen molar-refractivity contribution < 1.29 is 19.5 Å². The maximum absolute atomic E-state index is 12.0. The van der Waals surface area contributed by atoms with Gasteiger partial charge in [-0.05, 0) is 27.7 Å². The van der Waals surface area contributed by atoms with Gasteiger partial charge >= 0.3 is 12.0 Å². The molecule has 0 atom stereocenters. The van der Waals surface area contributed by atoms with Crippen LogP contribution in [0.5, 0.6) is 0 Å². The largest absolute Gasteiger partial charge is 0.481 e. The predicted octanol–water partition coefficient (Wildman–Crippen LogP) is 0.653. The molecule has 0 bridgehead atoms. The van der Waals surface area contributed by atoms with E-state index < -0.39 is 11.4 Å². The van der Waals surface area contributed by atoms with Gasteiger partial charge in [-0.25, -0.2) is 4.79 Å². The number of aliphatic carboxylic acids is 1. The van der Waals surface area contributed by atoms with Crippen LogP contribution in [0.15, 0.2) is 0 Å². The molecular formula is C13H25N3O4. The van der Waals surface area contributed by atoms with Gasteiger partial charge in [0, 0.05) is 26.2 Å². The van der Waals surface area contributed by atoms with E-state index in [1.165, 1.54) is 4.90 Å². The number of rotatable bonds is 7. The van der Waals surface area contributed by atoms with Gasteiger partial charge in [0.05, 0.1) is 11.8 Å². The van der Waals surface area contributed by atoms with Crippen molar-refractivity contribution in [2.45, 2.75) is 40.2 Å². The molecule has 0 aliphatic carbocycles. The number of amides is 3. The Labute approximate surface area is 119 Å². The summed E-state index contributed by atoms with van der Waals surface area (Å²) < 4.78 is 0. The lowest BCUT2D eigenvalue weighted by Gasteiger charge is -2.29. The van der Waals surface area contributed by atoms with Crippen LogP contribution < -0.4 is 10.6 Å². The summed E-state index contributed by atoms with van der Waals surface area (Å²) in [6.07, 6.45) is -0.107. The Bertz CT molecular complexity index is 367. The Hall–Kier alpha value is -1.79. The third-order valence-electron chi connectivity index (χ3n) is 2.97. The van der Waals surface area contributed by atoms with Crippen LogP contribution in [0.2, 0.25) is 0 Å². The highest BCUT2D eigenvalue weighted by atomic mass is 16.4. The van der Waals surface area contributed by atoms with E-state index >= 15 is 0 Å². The first-order chi connectivity index (χ1) is 9.11. The summed E-state index contributed by atoms with van der Waals surface area (Å²) in [6.45, 7) is 7.39. The Balaban J connectivity index is 4.54. The van der Waals surface area contributed by atoms with Crippen LogP contribution in [0.3, 0.4) is 0 Å². The van der Waals surface area contributed by atoms with Crippen LogP contribution >= 0.6 is 0 Å². The van der Waals surface area contributed by atoms with Crippen molar-refractivity contribution in [1.82, 2.24) is 15.5 Å². The molecule has 0 aromatic carbocycles. The standard InChI is InChI=1S/C13H25N3O4/c1-9(2)16(7-6-10(17)18)12(20)15-8-13(3,4)11(19)14-5/h9H,6-8H2,1-5H3,(H,14,19)(H,15,20)(H,17,18). The first kappa shape index (κ1) is 18.2. The normalized spacial score (nSPS) is 11.1. The lowest BCUT2D eigenvalue weighted by molar-refractivity contribution is -0.137. The Morgan fingerprint density at radius 3 is 2.20 bits per heavy atom. The van der Waals surface area contributed by atoms with Gasteiger partial charge in [-0.2, -0.15) is 0 Å². The van der Waals surface area contributed by atoms with Gasteiger partial charge in [-0.1, -0.05) is 0 Å². The topological polar surface area (TPSA) is 98.7 Å². The van der Waals surface area contributed by atoms with Crippen molar-refractivity contribution in [3.05, 3.63) is 0 Å². The second-order valence-electron chi connectivity index (χ2n) is 5.55. The fourth-order valence-corrected chi connectivity index (χ4v) is 1.63. The van der Waals surface area contributed by atoms with Crippen molar-refractivity contribution in [3.8, 4) is 0 Å². The predicted molar refractivity (Wildman–Crippen MR) is 75.3 cm³/mol. The minimum atomic E-state index is -0.950. The van der Waals surface area contributed by atoms with Gasteiger partial charge in [0.2, 0.25) is 5.91 Å². The number of nitrogens with zero attached hydrogens (tertiary/aromatic N) is 1. The van der Waals surface area contributed by atoms with Gasteiger partial charge in [0.15, 0.2) is 0 Å². The monoisotopic (exact) mass is 287 g/mol. The van der Waals surface area contributed by atoms with Crippen LogP contribution in [0, 0.1) is 5.41 Å². The molecule has 0 aliphatic rings. The number of urea groups is 1. The second kappa shape index (κ2) is 7.72. The third-order valence-corrected chi connectivity index (χ3v) is 2.97. The molecule has 0 saturated carbocycles. The number of nitrogens with one attached hydrogen (secondary N) is 2. The summed E-state index contributed by atoms with van der Waals surface area (Å²) in [7, 11) is 1.54. The summed E-state index contributed by atoms with van der Waals surface area (Å²) in [5, 5.41) is 13.9. The molecule has 0 aromatic rings. The van der Waals surface area contributed by atoms with E-state index in [-0.39, 0.29) is 37.5 Å². The zero-order valence-electron chi connectivity index (χ0n) is 12.8. The van der Waals surface area contributed by atoms with Crippen LogP contribution in [0.4, 0.5) is 4.79 Å². The number of hydrogen-bond acceptors (Lipinski definition) is 3. The molecule has 0 unspecified atom stereocenters. The molecule has 0 aliphatic heterocycles. The molecule has 3 N–H and O–H groups in total. The highest BCUT2D eigenvalue weighted by molar-refractivity contribution is 5.83. The molecule has 0 saturated heterocycles. The molecule has 0 heterocycles. The number of carbonyl (C=O) groups excluding carboxylic acids is 2. The van der Waals surface area contributed by atoms with Crippen molar-refractivity contribution >= 4 is 17.9 Å². The first-order valence-corrected chi connectivity index (χ1v) is 6.60. The van der Waals surface area contributed by atoms with Crippen LogP contribution in [0.1, 0.15) is 34.1 Å².